The third-order valence-electron chi connectivity index (χ3n) is 3.44. The summed E-state index contributed by atoms with van der Waals surface area (Å²) in [5.41, 5.74) is 0. The molecule has 0 amide bonds. The second-order valence-corrected chi connectivity index (χ2v) is 7.51. The van der Waals surface area contributed by atoms with Crippen LogP contribution in [0.5, 0.6) is 0 Å². The minimum Gasteiger partial charge on any atom is -0.463 e. The number of quaternary nitrogens is 1. The first-order valence-electron chi connectivity index (χ1n) is 6.80. The molecule has 0 heterocycles. The maximum absolute atomic E-state index is 11.9. The van der Waals surface area contributed by atoms with Crippen molar-refractivity contribution in [3.63, 3.8) is 0 Å². The molecule has 0 saturated carbocycles. The molecule has 0 radical (unpaired) electrons. The SMILES string of the molecule is CCOC(=O)/C=C/C(=O)OCC(CC)([N+](C)(C)C)P(=O)(O)O. The standard InChI is InChI=1S/C13H24NO7P/c1-6-13(14(3,4)5,22(17,18)19)10-21-12(16)9-8-11(15)20-7-2/h8-9H,6-7,10H2,1-5H3,(H-,17,18,19)/p+1/b9-8+. The van der Waals surface area contributed by atoms with Crippen molar-refractivity contribution in [1.82, 2.24) is 0 Å². The van der Waals surface area contributed by atoms with Crippen LogP contribution < -0.4 is 0 Å². The molecule has 0 rings (SSSR count). The van der Waals surface area contributed by atoms with Gasteiger partial charge in [-0.2, -0.15) is 0 Å². The van der Waals surface area contributed by atoms with Crippen LogP contribution >= 0.6 is 7.60 Å². The zero-order valence-corrected chi connectivity index (χ0v) is 14.5. The second kappa shape index (κ2) is 7.87. The molecule has 0 aliphatic heterocycles. The van der Waals surface area contributed by atoms with E-state index in [4.69, 9.17) is 4.74 Å². The fraction of sp³-hybridized carbons (Fsp3) is 0.692. The summed E-state index contributed by atoms with van der Waals surface area (Å²) in [7, 11) is 0.294. The molecule has 0 aliphatic rings. The topological polar surface area (TPSA) is 110 Å². The van der Waals surface area contributed by atoms with E-state index in [0.717, 1.165) is 12.2 Å². The molecular weight excluding hydrogens is 313 g/mol. The lowest BCUT2D eigenvalue weighted by Crippen LogP contribution is -2.59. The van der Waals surface area contributed by atoms with Crippen molar-refractivity contribution in [1.29, 1.82) is 0 Å². The quantitative estimate of drug-likeness (QED) is 0.289. The van der Waals surface area contributed by atoms with Crippen LogP contribution in [0.2, 0.25) is 0 Å². The molecule has 8 nitrogen and oxygen atoms in total. The summed E-state index contributed by atoms with van der Waals surface area (Å²) in [4.78, 5) is 42.0. The summed E-state index contributed by atoms with van der Waals surface area (Å²) in [5, 5.41) is -1.56. The Labute approximate surface area is 130 Å². The lowest BCUT2D eigenvalue weighted by Gasteiger charge is -2.44. The number of nitrogens with zero attached hydrogens (tertiary/aromatic N) is 1. The number of hydrogen-bond donors (Lipinski definition) is 2. The monoisotopic (exact) mass is 338 g/mol. The van der Waals surface area contributed by atoms with Gasteiger partial charge in [-0.15, -0.1) is 0 Å². The van der Waals surface area contributed by atoms with Gasteiger partial charge in [0.1, 0.15) is 0 Å². The van der Waals surface area contributed by atoms with Gasteiger partial charge in [-0.05, 0) is 6.92 Å². The van der Waals surface area contributed by atoms with Crippen LogP contribution in [0.4, 0.5) is 0 Å². The number of rotatable bonds is 8. The number of hydrogen-bond acceptors (Lipinski definition) is 5. The summed E-state index contributed by atoms with van der Waals surface area (Å²) in [5.74, 6) is -1.56. The third kappa shape index (κ3) is 5.21. The Morgan fingerprint density at radius 3 is 1.86 bits per heavy atom. The molecule has 1 unspecified atom stereocenters. The molecule has 0 fully saturated rings. The highest BCUT2D eigenvalue weighted by molar-refractivity contribution is 7.53. The van der Waals surface area contributed by atoms with Crippen LogP contribution in [0, 0.1) is 0 Å². The van der Waals surface area contributed by atoms with E-state index in [1.165, 1.54) is 0 Å². The van der Waals surface area contributed by atoms with E-state index in [-0.39, 0.29) is 17.5 Å². The average Bonchev–Trinajstić information content (AvgIpc) is 2.34. The first kappa shape index (κ1) is 20.8. The van der Waals surface area contributed by atoms with Gasteiger partial charge in [0.05, 0.1) is 27.7 Å². The number of likely N-dealkylation sites (N-methyl/N-ethyl adjacent to an activating group) is 1. The summed E-state index contributed by atoms with van der Waals surface area (Å²) in [6, 6.07) is 0. The van der Waals surface area contributed by atoms with Crippen LogP contribution in [-0.2, 0) is 23.6 Å². The molecule has 22 heavy (non-hydrogen) atoms. The van der Waals surface area contributed by atoms with E-state index >= 15 is 0 Å². The van der Waals surface area contributed by atoms with E-state index in [2.05, 4.69) is 4.74 Å². The summed E-state index contributed by atoms with van der Waals surface area (Å²) >= 11 is 0. The highest BCUT2D eigenvalue weighted by Gasteiger charge is 2.57. The summed E-state index contributed by atoms with van der Waals surface area (Å²) in [6.45, 7) is 2.95. The van der Waals surface area contributed by atoms with Gasteiger partial charge in [0.2, 0.25) is 5.28 Å². The second-order valence-electron chi connectivity index (χ2n) is 5.59. The van der Waals surface area contributed by atoms with Crippen LogP contribution in [0.15, 0.2) is 12.2 Å². The smallest absolute Gasteiger partial charge is 0.389 e. The Morgan fingerprint density at radius 2 is 1.55 bits per heavy atom. The molecule has 9 heteroatoms. The number of carbonyl (C=O) groups excluding carboxylic acids is 2. The zero-order chi connectivity index (χ0) is 17.6. The fourth-order valence-electron chi connectivity index (χ4n) is 2.01. The van der Waals surface area contributed by atoms with Crippen LogP contribution in [0.25, 0.3) is 0 Å². The van der Waals surface area contributed by atoms with Crippen molar-refractivity contribution in [3.05, 3.63) is 12.2 Å². The van der Waals surface area contributed by atoms with Crippen LogP contribution in [-0.4, -0.2) is 65.8 Å². The Hall–Kier alpha value is -1.21. The molecule has 1 atom stereocenters. The van der Waals surface area contributed by atoms with Gasteiger partial charge in [0.15, 0.2) is 6.61 Å². The molecule has 2 N–H and O–H groups in total. The van der Waals surface area contributed by atoms with Gasteiger partial charge in [0.25, 0.3) is 0 Å². The molecule has 0 aromatic rings. The van der Waals surface area contributed by atoms with Crippen molar-refractivity contribution < 1.29 is 37.9 Å². The van der Waals surface area contributed by atoms with Gasteiger partial charge in [-0.3, -0.25) is 4.57 Å². The molecule has 0 aliphatic carbocycles. The minimum atomic E-state index is -4.55. The molecule has 128 valence electrons. The van der Waals surface area contributed by atoms with E-state index in [0.29, 0.717) is 0 Å². The Morgan fingerprint density at radius 1 is 1.09 bits per heavy atom. The molecule has 0 bridgehead atoms. The van der Waals surface area contributed by atoms with Gasteiger partial charge in [-0.1, -0.05) is 6.92 Å². The molecule has 0 aromatic heterocycles. The van der Waals surface area contributed by atoms with Crippen molar-refractivity contribution in [2.24, 2.45) is 0 Å². The third-order valence-corrected chi connectivity index (χ3v) is 5.57. The van der Waals surface area contributed by atoms with Gasteiger partial charge in [0, 0.05) is 18.6 Å². The van der Waals surface area contributed by atoms with Crippen molar-refractivity contribution >= 4 is 19.5 Å². The Bertz CT molecular complexity index is 477. The highest BCUT2D eigenvalue weighted by atomic mass is 31.2. The molecule has 0 spiro atoms. The first-order valence-corrected chi connectivity index (χ1v) is 8.41. The van der Waals surface area contributed by atoms with Gasteiger partial charge < -0.3 is 23.7 Å². The van der Waals surface area contributed by atoms with Crippen LogP contribution in [0.3, 0.4) is 0 Å². The normalized spacial score (nSPS) is 15.4. The lowest BCUT2D eigenvalue weighted by atomic mass is 10.2. The van der Waals surface area contributed by atoms with E-state index in [1.54, 1.807) is 35.0 Å². The predicted octanol–water partition coefficient (Wildman–Crippen LogP) is 0.639. The predicted molar refractivity (Wildman–Crippen MR) is 79.8 cm³/mol. The number of esters is 2. The summed E-state index contributed by atoms with van der Waals surface area (Å²) < 4.78 is 21.4. The van der Waals surface area contributed by atoms with Crippen molar-refractivity contribution in [3.8, 4) is 0 Å². The van der Waals surface area contributed by atoms with E-state index in [9.17, 15) is 23.9 Å². The van der Waals surface area contributed by atoms with Crippen molar-refractivity contribution in [2.75, 3.05) is 34.4 Å². The van der Waals surface area contributed by atoms with Gasteiger partial charge in [-0.25, -0.2) is 9.59 Å². The van der Waals surface area contributed by atoms with Gasteiger partial charge >= 0.3 is 19.5 Å². The minimum absolute atomic E-state index is 0.0807. The maximum Gasteiger partial charge on any atom is 0.389 e. The van der Waals surface area contributed by atoms with Crippen molar-refractivity contribution in [2.45, 2.75) is 25.5 Å². The largest absolute Gasteiger partial charge is 0.463 e. The Kier molecular flexibility index (Phi) is 7.44. The van der Waals surface area contributed by atoms with E-state index in [1.807, 2.05) is 0 Å². The number of carbonyl (C=O) groups is 2. The highest BCUT2D eigenvalue weighted by Crippen LogP contribution is 2.55. The Balaban J connectivity index is 5.05. The maximum atomic E-state index is 11.9. The molecule has 0 aromatic carbocycles. The number of ether oxygens (including phenoxy) is 2. The first-order chi connectivity index (χ1) is 9.91. The van der Waals surface area contributed by atoms with Crippen LogP contribution in [0.1, 0.15) is 20.3 Å². The molecular formula is C13H25NO7P+. The zero-order valence-electron chi connectivity index (χ0n) is 13.6. The fourth-order valence-corrected chi connectivity index (χ4v) is 3.44. The lowest BCUT2D eigenvalue weighted by molar-refractivity contribution is -0.910. The van der Waals surface area contributed by atoms with E-state index < -0.39 is 31.4 Å². The average molecular weight is 338 g/mol. The summed E-state index contributed by atoms with van der Waals surface area (Å²) in [6.07, 6.45) is 1.88. The molecule has 0 saturated heterocycles.